The van der Waals surface area contributed by atoms with Crippen LogP contribution in [0.15, 0.2) is 0 Å². The zero-order valence-corrected chi connectivity index (χ0v) is 7.77. The van der Waals surface area contributed by atoms with Crippen LogP contribution in [0, 0.1) is 0 Å². The second kappa shape index (κ2) is 3.55. The molecule has 1 heterocycles. The summed E-state index contributed by atoms with van der Waals surface area (Å²) in [5, 5.41) is 0. The third kappa shape index (κ3) is 2.80. The number of nitrogens with zero attached hydrogens (tertiary/aromatic N) is 1. The highest BCUT2D eigenvalue weighted by Crippen LogP contribution is 2.17. The number of rotatable bonds is 3. The van der Waals surface area contributed by atoms with Crippen LogP contribution in [0.3, 0.4) is 0 Å². The van der Waals surface area contributed by atoms with Crippen LogP contribution in [-0.4, -0.2) is 30.1 Å². The highest BCUT2D eigenvalue weighted by Gasteiger charge is 2.28. The third-order valence-electron chi connectivity index (χ3n) is 2.41. The lowest BCUT2D eigenvalue weighted by atomic mass is 10.0. The van der Waals surface area contributed by atoms with Gasteiger partial charge in [-0.2, -0.15) is 0 Å². The van der Waals surface area contributed by atoms with E-state index in [1.54, 1.807) is 0 Å². The molecule has 0 bridgehead atoms. The topological polar surface area (TPSA) is 29.3 Å². The Morgan fingerprint density at radius 3 is 2.73 bits per heavy atom. The maximum absolute atomic E-state index is 6.00. The molecule has 1 atom stereocenters. The van der Waals surface area contributed by atoms with Crippen molar-refractivity contribution in [1.29, 1.82) is 0 Å². The first kappa shape index (κ1) is 9.01. The van der Waals surface area contributed by atoms with Crippen molar-refractivity contribution >= 4 is 0 Å². The second-order valence-corrected chi connectivity index (χ2v) is 4.03. The van der Waals surface area contributed by atoms with Gasteiger partial charge in [-0.1, -0.05) is 13.3 Å². The standard InChI is InChI=1S/C9H20N2/c1-3-4-6-11-7-5-9(2,10)8-11/h3-8,10H2,1-2H3. The van der Waals surface area contributed by atoms with Gasteiger partial charge in [0.25, 0.3) is 0 Å². The Hall–Kier alpha value is -0.0800. The average molecular weight is 156 g/mol. The van der Waals surface area contributed by atoms with Gasteiger partial charge in [0.15, 0.2) is 0 Å². The molecule has 1 rings (SSSR count). The summed E-state index contributed by atoms with van der Waals surface area (Å²) in [4.78, 5) is 2.48. The summed E-state index contributed by atoms with van der Waals surface area (Å²) in [5.74, 6) is 0. The van der Waals surface area contributed by atoms with Crippen LogP contribution in [-0.2, 0) is 0 Å². The number of nitrogens with two attached hydrogens (primary N) is 1. The zero-order valence-electron chi connectivity index (χ0n) is 7.77. The van der Waals surface area contributed by atoms with E-state index in [0.717, 1.165) is 13.0 Å². The van der Waals surface area contributed by atoms with Gasteiger partial charge in [0.05, 0.1) is 0 Å². The molecule has 2 nitrogen and oxygen atoms in total. The summed E-state index contributed by atoms with van der Waals surface area (Å²) in [5.41, 5.74) is 6.09. The molecule has 0 radical (unpaired) electrons. The Bertz CT molecular complexity index is 121. The summed E-state index contributed by atoms with van der Waals surface area (Å²) >= 11 is 0. The number of likely N-dealkylation sites (tertiary alicyclic amines) is 1. The van der Waals surface area contributed by atoms with Gasteiger partial charge in [-0.05, 0) is 32.9 Å². The van der Waals surface area contributed by atoms with Crippen LogP contribution in [0.5, 0.6) is 0 Å². The molecule has 1 saturated heterocycles. The van der Waals surface area contributed by atoms with E-state index in [1.165, 1.54) is 25.9 Å². The van der Waals surface area contributed by atoms with Crippen molar-refractivity contribution in [1.82, 2.24) is 4.90 Å². The van der Waals surface area contributed by atoms with Crippen LogP contribution < -0.4 is 5.73 Å². The van der Waals surface area contributed by atoms with Crippen molar-refractivity contribution in [2.75, 3.05) is 19.6 Å². The Kier molecular flexibility index (Phi) is 2.90. The number of hydrogen-bond donors (Lipinski definition) is 1. The van der Waals surface area contributed by atoms with Gasteiger partial charge in [-0.3, -0.25) is 0 Å². The Morgan fingerprint density at radius 2 is 2.27 bits per heavy atom. The average Bonchev–Trinajstić information content (AvgIpc) is 2.26. The highest BCUT2D eigenvalue weighted by molar-refractivity contribution is 4.89. The first-order valence-corrected chi connectivity index (χ1v) is 4.65. The smallest absolute Gasteiger partial charge is 0.0267 e. The van der Waals surface area contributed by atoms with Crippen LogP contribution >= 0.6 is 0 Å². The first-order valence-electron chi connectivity index (χ1n) is 4.65. The minimum Gasteiger partial charge on any atom is -0.324 e. The quantitative estimate of drug-likeness (QED) is 0.665. The van der Waals surface area contributed by atoms with Crippen molar-refractivity contribution in [3.8, 4) is 0 Å². The van der Waals surface area contributed by atoms with Gasteiger partial charge in [0, 0.05) is 12.1 Å². The fraction of sp³-hybridized carbons (Fsp3) is 1.00. The molecule has 0 amide bonds. The van der Waals surface area contributed by atoms with Crippen molar-refractivity contribution in [2.45, 2.75) is 38.6 Å². The molecule has 66 valence electrons. The molecule has 2 N–H and O–H groups in total. The van der Waals surface area contributed by atoms with E-state index in [1.807, 2.05) is 0 Å². The molecule has 0 aliphatic carbocycles. The molecule has 1 unspecified atom stereocenters. The van der Waals surface area contributed by atoms with E-state index < -0.39 is 0 Å². The van der Waals surface area contributed by atoms with E-state index >= 15 is 0 Å². The predicted molar refractivity (Wildman–Crippen MR) is 48.6 cm³/mol. The lowest BCUT2D eigenvalue weighted by Crippen LogP contribution is -2.39. The highest BCUT2D eigenvalue weighted by atomic mass is 15.2. The predicted octanol–water partition coefficient (Wildman–Crippen LogP) is 1.21. The molecule has 0 aromatic rings. The molecule has 1 aliphatic heterocycles. The van der Waals surface area contributed by atoms with E-state index in [2.05, 4.69) is 18.7 Å². The SMILES string of the molecule is CCCCN1CCC(C)(N)C1. The molecule has 0 aromatic heterocycles. The van der Waals surface area contributed by atoms with Crippen LogP contribution in [0.2, 0.25) is 0 Å². The number of hydrogen-bond acceptors (Lipinski definition) is 2. The molecular weight excluding hydrogens is 136 g/mol. The van der Waals surface area contributed by atoms with Crippen LogP contribution in [0.1, 0.15) is 33.1 Å². The lowest BCUT2D eigenvalue weighted by Gasteiger charge is -2.19. The molecule has 0 aromatic carbocycles. The van der Waals surface area contributed by atoms with Crippen molar-refractivity contribution < 1.29 is 0 Å². The monoisotopic (exact) mass is 156 g/mol. The first-order chi connectivity index (χ1) is 5.14. The summed E-state index contributed by atoms with van der Waals surface area (Å²) < 4.78 is 0. The van der Waals surface area contributed by atoms with E-state index in [0.29, 0.717) is 0 Å². The fourth-order valence-corrected chi connectivity index (χ4v) is 1.66. The Morgan fingerprint density at radius 1 is 1.55 bits per heavy atom. The molecule has 0 spiro atoms. The van der Waals surface area contributed by atoms with Crippen molar-refractivity contribution in [2.24, 2.45) is 5.73 Å². The fourth-order valence-electron chi connectivity index (χ4n) is 1.66. The second-order valence-electron chi connectivity index (χ2n) is 4.03. The molecule has 11 heavy (non-hydrogen) atoms. The summed E-state index contributed by atoms with van der Waals surface area (Å²) in [6, 6.07) is 0. The Labute approximate surface area is 69.8 Å². The van der Waals surface area contributed by atoms with Gasteiger partial charge in [-0.25, -0.2) is 0 Å². The van der Waals surface area contributed by atoms with E-state index in [-0.39, 0.29) is 5.54 Å². The van der Waals surface area contributed by atoms with E-state index in [4.69, 9.17) is 5.73 Å². The van der Waals surface area contributed by atoms with Crippen molar-refractivity contribution in [3.05, 3.63) is 0 Å². The largest absolute Gasteiger partial charge is 0.324 e. The molecule has 2 heteroatoms. The zero-order chi connectivity index (χ0) is 8.32. The van der Waals surface area contributed by atoms with Gasteiger partial charge >= 0.3 is 0 Å². The molecule has 1 aliphatic rings. The normalized spacial score (nSPS) is 33.0. The minimum absolute atomic E-state index is 0.0910. The van der Waals surface area contributed by atoms with Gasteiger partial charge in [0.1, 0.15) is 0 Å². The minimum atomic E-state index is 0.0910. The maximum atomic E-state index is 6.00. The van der Waals surface area contributed by atoms with E-state index in [9.17, 15) is 0 Å². The summed E-state index contributed by atoms with van der Waals surface area (Å²) in [7, 11) is 0. The van der Waals surface area contributed by atoms with Gasteiger partial charge in [0.2, 0.25) is 0 Å². The lowest BCUT2D eigenvalue weighted by molar-refractivity contribution is 0.312. The van der Waals surface area contributed by atoms with Gasteiger partial charge < -0.3 is 10.6 Å². The van der Waals surface area contributed by atoms with Crippen molar-refractivity contribution in [3.63, 3.8) is 0 Å². The number of unbranched alkanes of at least 4 members (excludes halogenated alkanes) is 1. The third-order valence-corrected chi connectivity index (χ3v) is 2.41. The molecular formula is C9H20N2. The Balaban J connectivity index is 2.20. The molecule has 0 saturated carbocycles. The van der Waals surface area contributed by atoms with Crippen LogP contribution in [0.25, 0.3) is 0 Å². The maximum Gasteiger partial charge on any atom is 0.0267 e. The summed E-state index contributed by atoms with van der Waals surface area (Å²) in [6.07, 6.45) is 3.77. The molecule has 1 fully saturated rings. The van der Waals surface area contributed by atoms with Gasteiger partial charge in [-0.15, -0.1) is 0 Å². The summed E-state index contributed by atoms with van der Waals surface area (Å²) in [6.45, 7) is 7.92. The van der Waals surface area contributed by atoms with Crippen LogP contribution in [0.4, 0.5) is 0 Å².